The molecule has 0 radical (unpaired) electrons. The molecule has 2 aromatic heterocycles. The van der Waals surface area contributed by atoms with Crippen molar-refractivity contribution in [2.75, 3.05) is 0 Å². The molecule has 0 fully saturated rings. The van der Waals surface area contributed by atoms with E-state index in [4.69, 9.17) is 4.74 Å². The summed E-state index contributed by atoms with van der Waals surface area (Å²) >= 11 is 0. The highest BCUT2D eigenvalue weighted by Crippen LogP contribution is 2.14. The van der Waals surface area contributed by atoms with Gasteiger partial charge in [-0.25, -0.2) is 9.78 Å². The van der Waals surface area contributed by atoms with Crippen LogP contribution >= 0.6 is 0 Å². The Morgan fingerprint density at radius 1 is 1.33 bits per heavy atom. The van der Waals surface area contributed by atoms with Gasteiger partial charge in [0.1, 0.15) is 18.0 Å². The normalized spacial score (nSPS) is 10.7. The van der Waals surface area contributed by atoms with Crippen molar-refractivity contribution in [2.24, 2.45) is 0 Å². The summed E-state index contributed by atoms with van der Waals surface area (Å²) in [6.45, 7) is 2.07. The lowest BCUT2D eigenvalue weighted by atomic mass is 10.2. The van der Waals surface area contributed by atoms with Crippen LogP contribution in [0, 0.1) is 6.92 Å². The molecule has 0 saturated heterocycles. The minimum absolute atomic E-state index is 0.0350. The zero-order chi connectivity index (χ0) is 14.8. The first kappa shape index (κ1) is 13.2. The van der Waals surface area contributed by atoms with Gasteiger partial charge in [-0.05, 0) is 36.8 Å². The number of aromatic nitrogens is 2. The summed E-state index contributed by atoms with van der Waals surface area (Å²) in [6.07, 6.45) is 3.73. The van der Waals surface area contributed by atoms with Crippen LogP contribution in [0.1, 0.15) is 21.6 Å². The number of pyridine rings is 1. The zero-order valence-corrected chi connectivity index (χ0v) is 11.5. The molecule has 3 rings (SSSR count). The summed E-state index contributed by atoms with van der Waals surface area (Å²) < 4.78 is 7.11. The Hall–Kier alpha value is -2.82. The predicted molar refractivity (Wildman–Crippen MR) is 77.2 cm³/mol. The van der Waals surface area contributed by atoms with Crippen molar-refractivity contribution in [1.29, 1.82) is 0 Å². The average Bonchev–Trinajstić information content (AvgIpc) is 2.89. The number of esters is 1. The highest BCUT2D eigenvalue weighted by molar-refractivity contribution is 5.89. The maximum absolute atomic E-state index is 11.9. The first-order valence-electron chi connectivity index (χ1n) is 6.53. The van der Waals surface area contributed by atoms with E-state index in [1.54, 1.807) is 12.1 Å². The van der Waals surface area contributed by atoms with E-state index in [9.17, 15) is 9.90 Å². The largest absolute Gasteiger partial charge is 0.508 e. The molecule has 106 valence electrons. The topological polar surface area (TPSA) is 63.8 Å². The number of carbonyl (C=O) groups excluding carboxylic acids is 1. The van der Waals surface area contributed by atoms with Gasteiger partial charge in [0.15, 0.2) is 0 Å². The number of ether oxygens (including phenoxy) is 1. The summed E-state index contributed by atoms with van der Waals surface area (Å²) in [4.78, 5) is 16.3. The van der Waals surface area contributed by atoms with Crippen molar-refractivity contribution < 1.29 is 14.6 Å². The number of aryl methyl sites for hydroxylation is 1. The second kappa shape index (κ2) is 5.28. The third-order valence-electron chi connectivity index (χ3n) is 3.16. The van der Waals surface area contributed by atoms with Gasteiger partial charge in [0.25, 0.3) is 0 Å². The van der Waals surface area contributed by atoms with Crippen molar-refractivity contribution in [3.8, 4) is 5.75 Å². The standard InChI is InChI=1S/C16H14N2O3/c1-11-4-3-7-18-9-13(17-15(11)18)10-21-16(20)12-5-2-6-14(19)8-12/h2-9,19H,10H2,1H3. The third-order valence-corrected chi connectivity index (χ3v) is 3.16. The molecule has 3 aromatic rings. The molecule has 0 spiro atoms. The number of imidazole rings is 1. The molecule has 0 aliphatic carbocycles. The van der Waals surface area contributed by atoms with Crippen molar-refractivity contribution >= 4 is 11.6 Å². The molecular weight excluding hydrogens is 268 g/mol. The van der Waals surface area contributed by atoms with Gasteiger partial charge >= 0.3 is 5.97 Å². The Labute approximate surface area is 121 Å². The van der Waals surface area contributed by atoms with E-state index in [0.29, 0.717) is 11.3 Å². The fourth-order valence-corrected chi connectivity index (χ4v) is 2.13. The van der Waals surface area contributed by atoms with Gasteiger partial charge in [-0.15, -0.1) is 0 Å². The molecule has 1 N–H and O–H groups in total. The summed E-state index contributed by atoms with van der Waals surface area (Å²) in [5.41, 5.74) is 2.90. The highest BCUT2D eigenvalue weighted by atomic mass is 16.5. The second-order valence-corrected chi connectivity index (χ2v) is 4.78. The van der Waals surface area contributed by atoms with E-state index in [2.05, 4.69) is 4.98 Å². The number of hydrogen-bond acceptors (Lipinski definition) is 4. The van der Waals surface area contributed by atoms with E-state index < -0.39 is 5.97 Å². The van der Waals surface area contributed by atoms with Gasteiger partial charge in [0.2, 0.25) is 0 Å². The van der Waals surface area contributed by atoms with Crippen LogP contribution in [0.4, 0.5) is 0 Å². The van der Waals surface area contributed by atoms with Crippen molar-refractivity contribution in [1.82, 2.24) is 9.38 Å². The Bertz CT molecular complexity index is 808. The number of rotatable bonds is 3. The minimum atomic E-state index is -0.486. The van der Waals surface area contributed by atoms with Gasteiger partial charge in [-0.3, -0.25) is 0 Å². The number of nitrogens with zero attached hydrogens (tertiary/aromatic N) is 2. The van der Waals surface area contributed by atoms with Gasteiger partial charge in [0.05, 0.1) is 11.3 Å². The fourth-order valence-electron chi connectivity index (χ4n) is 2.13. The quantitative estimate of drug-likeness (QED) is 0.750. The molecule has 21 heavy (non-hydrogen) atoms. The average molecular weight is 282 g/mol. The highest BCUT2D eigenvalue weighted by Gasteiger charge is 2.10. The smallest absolute Gasteiger partial charge is 0.338 e. The van der Waals surface area contributed by atoms with E-state index in [1.807, 2.05) is 35.9 Å². The van der Waals surface area contributed by atoms with E-state index >= 15 is 0 Å². The lowest BCUT2D eigenvalue weighted by Crippen LogP contribution is -2.05. The van der Waals surface area contributed by atoms with Gasteiger partial charge < -0.3 is 14.2 Å². The van der Waals surface area contributed by atoms with E-state index in [-0.39, 0.29) is 12.4 Å². The van der Waals surface area contributed by atoms with Gasteiger partial charge in [-0.2, -0.15) is 0 Å². The molecule has 5 nitrogen and oxygen atoms in total. The van der Waals surface area contributed by atoms with Crippen molar-refractivity contribution in [3.63, 3.8) is 0 Å². The van der Waals surface area contributed by atoms with E-state index in [1.165, 1.54) is 12.1 Å². The molecule has 0 bridgehead atoms. The summed E-state index contributed by atoms with van der Waals surface area (Å²) in [6, 6.07) is 9.98. The zero-order valence-electron chi connectivity index (χ0n) is 11.5. The van der Waals surface area contributed by atoms with Crippen LogP contribution in [0.25, 0.3) is 5.65 Å². The molecule has 2 heterocycles. The molecule has 0 unspecified atom stereocenters. The van der Waals surface area contributed by atoms with E-state index in [0.717, 1.165) is 11.2 Å². The molecule has 0 aliphatic heterocycles. The molecule has 5 heteroatoms. The van der Waals surface area contributed by atoms with Crippen LogP contribution in [0.15, 0.2) is 48.8 Å². The monoisotopic (exact) mass is 282 g/mol. The van der Waals surface area contributed by atoms with Crippen LogP contribution in [-0.2, 0) is 11.3 Å². The molecule has 0 aliphatic rings. The predicted octanol–water partition coefficient (Wildman–Crippen LogP) is 2.71. The number of aromatic hydroxyl groups is 1. The first-order valence-corrected chi connectivity index (χ1v) is 6.53. The maximum atomic E-state index is 11.9. The minimum Gasteiger partial charge on any atom is -0.508 e. The number of phenols is 1. The van der Waals surface area contributed by atoms with Crippen LogP contribution < -0.4 is 0 Å². The van der Waals surface area contributed by atoms with Gasteiger partial charge in [0, 0.05) is 12.4 Å². The first-order chi connectivity index (χ1) is 10.1. The number of phenolic OH excluding ortho intramolecular Hbond substituents is 1. The van der Waals surface area contributed by atoms with Crippen molar-refractivity contribution in [2.45, 2.75) is 13.5 Å². The van der Waals surface area contributed by atoms with Crippen LogP contribution in [0.3, 0.4) is 0 Å². The summed E-state index contributed by atoms with van der Waals surface area (Å²) in [5.74, 6) is -0.451. The third kappa shape index (κ3) is 2.72. The van der Waals surface area contributed by atoms with Crippen LogP contribution in [0.5, 0.6) is 5.75 Å². The SMILES string of the molecule is Cc1cccn2cc(COC(=O)c3cccc(O)c3)nc12. The molecular formula is C16H14N2O3. The number of benzene rings is 1. The second-order valence-electron chi connectivity index (χ2n) is 4.78. The summed E-state index contributed by atoms with van der Waals surface area (Å²) in [7, 11) is 0. The number of carbonyl (C=O) groups is 1. The van der Waals surface area contributed by atoms with Crippen LogP contribution in [-0.4, -0.2) is 20.5 Å². The molecule has 0 atom stereocenters. The van der Waals surface area contributed by atoms with Gasteiger partial charge in [-0.1, -0.05) is 12.1 Å². The Balaban J connectivity index is 1.74. The fraction of sp³-hybridized carbons (Fsp3) is 0.125. The lowest BCUT2D eigenvalue weighted by Gasteiger charge is -2.02. The number of fused-ring (bicyclic) bond motifs is 1. The molecule has 0 saturated carbocycles. The van der Waals surface area contributed by atoms with Crippen molar-refractivity contribution in [3.05, 3.63) is 65.6 Å². The Kier molecular flexibility index (Phi) is 3.31. The van der Waals surface area contributed by atoms with Crippen LogP contribution in [0.2, 0.25) is 0 Å². The number of hydrogen-bond donors (Lipinski definition) is 1. The molecule has 1 aromatic carbocycles. The molecule has 0 amide bonds. The summed E-state index contributed by atoms with van der Waals surface area (Å²) in [5, 5.41) is 9.35. The Morgan fingerprint density at radius 2 is 2.19 bits per heavy atom. The lowest BCUT2D eigenvalue weighted by molar-refractivity contribution is 0.0468. The maximum Gasteiger partial charge on any atom is 0.338 e. The Morgan fingerprint density at radius 3 is 2.95 bits per heavy atom.